The summed E-state index contributed by atoms with van der Waals surface area (Å²) in [5.74, 6) is -0.287. The number of piperidine rings is 1. The molecule has 0 saturated carbocycles. The Bertz CT molecular complexity index is 875. The zero-order valence-electron chi connectivity index (χ0n) is 14.9. The van der Waals surface area contributed by atoms with Crippen LogP contribution >= 0.6 is 0 Å². The molecular weight excluding hydrogens is 324 g/mol. The van der Waals surface area contributed by atoms with Crippen LogP contribution < -0.4 is 0 Å². The summed E-state index contributed by atoms with van der Waals surface area (Å²) in [6.07, 6.45) is 2.97. The molecule has 0 unspecified atom stereocenters. The summed E-state index contributed by atoms with van der Waals surface area (Å²) in [4.78, 5) is 31.8. The molecule has 1 fully saturated rings. The molecular formula is C22H22N2O2. The van der Waals surface area contributed by atoms with Crippen molar-refractivity contribution in [3.8, 4) is 0 Å². The van der Waals surface area contributed by atoms with Crippen molar-refractivity contribution in [1.29, 1.82) is 0 Å². The number of hydrogen-bond acceptors (Lipinski definition) is 3. The van der Waals surface area contributed by atoms with Gasteiger partial charge in [-0.25, -0.2) is 0 Å². The lowest BCUT2D eigenvalue weighted by atomic mass is 9.65. The van der Waals surface area contributed by atoms with E-state index in [9.17, 15) is 9.59 Å². The van der Waals surface area contributed by atoms with Crippen LogP contribution in [0.25, 0.3) is 0 Å². The van der Waals surface area contributed by atoms with Crippen LogP contribution in [0, 0.1) is 5.92 Å². The summed E-state index contributed by atoms with van der Waals surface area (Å²) in [5, 5.41) is 0. The normalized spacial score (nSPS) is 24.1. The fraction of sp³-hybridized carbons (Fsp3) is 0.318. The molecule has 0 N–H and O–H groups in total. The fourth-order valence-electron chi connectivity index (χ4n) is 4.27. The van der Waals surface area contributed by atoms with Crippen LogP contribution in [0.4, 0.5) is 5.69 Å². The molecule has 2 heterocycles. The van der Waals surface area contributed by atoms with E-state index in [4.69, 9.17) is 0 Å². The van der Waals surface area contributed by atoms with Gasteiger partial charge in [0, 0.05) is 31.1 Å². The summed E-state index contributed by atoms with van der Waals surface area (Å²) in [6.45, 7) is 2.82. The minimum Gasteiger partial charge on any atom is -0.338 e. The minimum atomic E-state index is -0.452. The van der Waals surface area contributed by atoms with Gasteiger partial charge in [0.2, 0.25) is 5.91 Å². The van der Waals surface area contributed by atoms with E-state index in [1.165, 1.54) is 0 Å². The highest BCUT2D eigenvalue weighted by molar-refractivity contribution is 5.96. The third kappa shape index (κ3) is 2.75. The van der Waals surface area contributed by atoms with Crippen molar-refractivity contribution in [3.63, 3.8) is 0 Å². The van der Waals surface area contributed by atoms with Crippen molar-refractivity contribution in [1.82, 2.24) is 4.90 Å². The van der Waals surface area contributed by atoms with E-state index in [1.54, 1.807) is 6.92 Å². The van der Waals surface area contributed by atoms with Crippen LogP contribution in [0.3, 0.4) is 0 Å². The lowest BCUT2D eigenvalue weighted by Crippen LogP contribution is -2.54. The SMILES string of the molecule is CC(=O)C[C@H]1C(=O)N(Cc2ccccc2)CC[C@]12C=Nc1ccccc12. The minimum absolute atomic E-state index is 0.0436. The van der Waals surface area contributed by atoms with Gasteiger partial charge in [0.05, 0.1) is 11.6 Å². The van der Waals surface area contributed by atoms with E-state index < -0.39 is 5.41 Å². The number of nitrogens with zero attached hydrogens (tertiary/aromatic N) is 2. The van der Waals surface area contributed by atoms with Crippen molar-refractivity contribution in [2.45, 2.75) is 31.7 Å². The number of Topliss-reactive ketones (excluding diaryl/α,β-unsaturated/α-hetero) is 1. The molecule has 1 saturated heterocycles. The predicted molar refractivity (Wildman–Crippen MR) is 102 cm³/mol. The third-order valence-electron chi connectivity index (χ3n) is 5.57. The second kappa shape index (κ2) is 6.52. The number of carbonyl (C=O) groups is 2. The maximum atomic E-state index is 13.3. The number of amides is 1. The van der Waals surface area contributed by atoms with E-state index in [1.807, 2.05) is 59.6 Å². The molecule has 1 amide bonds. The van der Waals surface area contributed by atoms with E-state index in [2.05, 4.69) is 11.1 Å². The van der Waals surface area contributed by atoms with E-state index >= 15 is 0 Å². The van der Waals surface area contributed by atoms with Gasteiger partial charge in [-0.05, 0) is 30.5 Å². The highest BCUT2D eigenvalue weighted by atomic mass is 16.2. The van der Waals surface area contributed by atoms with Gasteiger partial charge in [0.25, 0.3) is 0 Å². The first-order valence-corrected chi connectivity index (χ1v) is 9.07. The highest BCUT2D eigenvalue weighted by Crippen LogP contribution is 2.48. The van der Waals surface area contributed by atoms with Gasteiger partial charge in [0.1, 0.15) is 5.78 Å². The Morgan fingerprint density at radius 3 is 2.65 bits per heavy atom. The summed E-state index contributed by atoms with van der Waals surface area (Å²) in [6, 6.07) is 18.0. The van der Waals surface area contributed by atoms with Gasteiger partial charge >= 0.3 is 0 Å². The van der Waals surface area contributed by atoms with Crippen LogP contribution in [0.1, 0.15) is 30.9 Å². The quantitative estimate of drug-likeness (QED) is 0.848. The summed E-state index contributed by atoms with van der Waals surface area (Å²) in [7, 11) is 0. The molecule has 2 atom stereocenters. The Hall–Kier alpha value is -2.75. The second-order valence-corrected chi connectivity index (χ2v) is 7.27. The molecule has 132 valence electrons. The van der Waals surface area contributed by atoms with Gasteiger partial charge in [-0.1, -0.05) is 48.5 Å². The Balaban J connectivity index is 1.68. The van der Waals surface area contributed by atoms with Crippen molar-refractivity contribution in [2.24, 2.45) is 10.9 Å². The Labute approximate surface area is 153 Å². The fourth-order valence-corrected chi connectivity index (χ4v) is 4.27. The van der Waals surface area contributed by atoms with Crippen LogP contribution in [0.15, 0.2) is 59.6 Å². The van der Waals surface area contributed by atoms with Crippen LogP contribution in [-0.2, 0) is 21.5 Å². The summed E-state index contributed by atoms with van der Waals surface area (Å²) < 4.78 is 0. The average molecular weight is 346 g/mol. The van der Waals surface area contributed by atoms with E-state index in [-0.39, 0.29) is 24.0 Å². The van der Waals surface area contributed by atoms with E-state index in [0.717, 1.165) is 23.2 Å². The van der Waals surface area contributed by atoms with Crippen LogP contribution in [0.2, 0.25) is 0 Å². The molecule has 0 bridgehead atoms. The van der Waals surface area contributed by atoms with Gasteiger partial charge in [-0.3, -0.25) is 9.79 Å². The lowest BCUT2D eigenvalue weighted by Gasteiger charge is -2.44. The molecule has 4 heteroatoms. The number of para-hydroxylation sites is 1. The van der Waals surface area contributed by atoms with Crippen LogP contribution in [0.5, 0.6) is 0 Å². The largest absolute Gasteiger partial charge is 0.338 e. The first-order valence-electron chi connectivity index (χ1n) is 9.07. The van der Waals surface area contributed by atoms with Gasteiger partial charge in [-0.15, -0.1) is 0 Å². The zero-order valence-corrected chi connectivity index (χ0v) is 14.9. The van der Waals surface area contributed by atoms with Crippen molar-refractivity contribution in [3.05, 3.63) is 65.7 Å². The number of rotatable bonds is 4. The first kappa shape index (κ1) is 16.7. The molecule has 4 rings (SSSR count). The van der Waals surface area contributed by atoms with Crippen LogP contribution in [-0.4, -0.2) is 29.3 Å². The summed E-state index contributed by atoms with van der Waals surface area (Å²) in [5.41, 5.74) is 2.66. The highest BCUT2D eigenvalue weighted by Gasteiger charge is 2.51. The van der Waals surface area contributed by atoms with Crippen molar-refractivity contribution < 1.29 is 9.59 Å². The topological polar surface area (TPSA) is 49.7 Å². The Morgan fingerprint density at radius 1 is 1.15 bits per heavy atom. The lowest BCUT2D eigenvalue weighted by molar-refractivity contribution is -0.143. The first-order chi connectivity index (χ1) is 12.6. The number of fused-ring (bicyclic) bond motifs is 2. The monoisotopic (exact) mass is 346 g/mol. The number of likely N-dealkylation sites (tertiary alicyclic amines) is 1. The molecule has 1 spiro atoms. The number of aliphatic imine (C=N–C) groups is 1. The maximum Gasteiger partial charge on any atom is 0.227 e. The molecule has 2 aromatic rings. The molecule has 26 heavy (non-hydrogen) atoms. The smallest absolute Gasteiger partial charge is 0.227 e. The zero-order chi connectivity index (χ0) is 18.1. The predicted octanol–water partition coefficient (Wildman–Crippen LogP) is 3.67. The maximum absolute atomic E-state index is 13.3. The van der Waals surface area contributed by atoms with E-state index in [0.29, 0.717) is 13.1 Å². The van der Waals surface area contributed by atoms with Crippen molar-refractivity contribution >= 4 is 23.6 Å². The molecule has 2 aliphatic heterocycles. The average Bonchev–Trinajstić information content (AvgIpc) is 3.02. The van der Waals surface area contributed by atoms with Gasteiger partial charge in [0.15, 0.2) is 0 Å². The number of ketones is 1. The molecule has 2 aliphatic rings. The molecule has 0 radical (unpaired) electrons. The second-order valence-electron chi connectivity index (χ2n) is 7.27. The van der Waals surface area contributed by atoms with Gasteiger partial charge in [-0.2, -0.15) is 0 Å². The number of hydrogen-bond donors (Lipinski definition) is 0. The molecule has 2 aromatic carbocycles. The third-order valence-corrected chi connectivity index (χ3v) is 5.57. The number of benzene rings is 2. The van der Waals surface area contributed by atoms with Crippen molar-refractivity contribution in [2.75, 3.05) is 6.54 Å². The molecule has 0 aliphatic carbocycles. The standard InChI is InChI=1S/C22H22N2O2/c1-16(25)13-19-21(26)24(14-17-7-3-2-4-8-17)12-11-22(19)15-23-20-10-6-5-9-18(20)22/h2-10,15,19H,11-14H2,1H3/t19-,22+/m0/s1. The number of carbonyl (C=O) groups excluding carboxylic acids is 2. The summed E-state index contributed by atoms with van der Waals surface area (Å²) >= 11 is 0. The van der Waals surface area contributed by atoms with Gasteiger partial charge < -0.3 is 9.69 Å². The molecule has 0 aromatic heterocycles. The Kier molecular flexibility index (Phi) is 4.19. The Morgan fingerprint density at radius 2 is 1.88 bits per heavy atom. The molecule has 4 nitrogen and oxygen atoms in total.